The van der Waals surface area contributed by atoms with Crippen LogP contribution in [0.2, 0.25) is 0 Å². The predicted octanol–water partition coefficient (Wildman–Crippen LogP) is 2.29. The van der Waals surface area contributed by atoms with Gasteiger partial charge in [0.05, 0.1) is 40.9 Å². The monoisotopic (exact) mass is 502 g/mol. The molecular weight excluding hydrogens is 472 g/mol. The van der Waals surface area contributed by atoms with Crippen LogP contribution in [0.1, 0.15) is 36.8 Å². The van der Waals surface area contributed by atoms with E-state index in [0.717, 1.165) is 0 Å². The molecule has 0 atom stereocenters. The minimum atomic E-state index is -0.308. The number of rotatable bonds is 13. The summed E-state index contributed by atoms with van der Waals surface area (Å²) >= 11 is 0. The number of nitrogens with one attached hydrogen (secondary N) is 2. The van der Waals surface area contributed by atoms with Gasteiger partial charge in [-0.15, -0.1) is 0 Å². The van der Waals surface area contributed by atoms with Crippen molar-refractivity contribution in [2.24, 2.45) is 10.2 Å². The summed E-state index contributed by atoms with van der Waals surface area (Å²) in [5.74, 6) is -0.0114. The molecule has 194 valence electrons. The number of amides is 2. The highest BCUT2D eigenvalue weighted by atomic mass is 16.5. The summed E-state index contributed by atoms with van der Waals surface area (Å²) in [6, 6.07) is 6.18. The van der Waals surface area contributed by atoms with Gasteiger partial charge in [-0.05, 0) is 37.1 Å². The van der Waals surface area contributed by atoms with Crippen LogP contribution in [0.4, 0.5) is 0 Å². The van der Waals surface area contributed by atoms with Crippen molar-refractivity contribution < 1.29 is 38.7 Å². The zero-order chi connectivity index (χ0) is 26.5. The number of hydrogen-bond acceptors (Lipinski definition) is 10. The average Bonchev–Trinajstić information content (AvgIpc) is 2.88. The highest BCUT2D eigenvalue weighted by molar-refractivity contribution is 5.85. The summed E-state index contributed by atoms with van der Waals surface area (Å²) in [6.07, 6.45) is 4.12. The van der Waals surface area contributed by atoms with Crippen molar-refractivity contribution in [2.75, 3.05) is 28.4 Å². The van der Waals surface area contributed by atoms with Crippen molar-refractivity contribution in [3.8, 4) is 34.5 Å². The van der Waals surface area contributed by atoms with E-state index in [9.17, 15) is 19.8 Å². The molecule has 2 rings (SSSR count). The van der Waals surface area contributed by atoms with Crippen LogP contribution in [0.3, 0.4) is 0 Å². The van der Waals surface area contributed by atoms with Crippen LogP contribution < -0.4 is 29.8 Å². The molecule has 4 N–H and O–H groups in total. The fourth-order valence-electron chi connectivity index (χ4n) is 3.02. The molecule has 0 aliphatic heterocycles. The number of ether oxygens (including phenoxy) is 4. The molecular formula is C24H30N4O8. The first kappa shape index (κ1) is 27.8. The number of benzene rings is 2. The number of unbranched alkanes of at least 4 members (excludes halogenated alkanes) is 1. The summed E-state index contributed by atoms with van der Waals surface area (Å²) in [7, 11) is 5.64. The summed E-state index contributed by atoms with van der Waals surface area (Å²) in [5.41, 5.74) is 5.93. The van der Waals surface area contributed by atoms with Crippen molar-refractivity contribution in [3.63, 3.8) is 0 Å². The van der Waals surface area contributed by atoms with E-state index >= 15 is 0 Å². The summed E-state index contributed by atoms with van der Waals surface area (Å²) in [5, 5.41) is 27.6. The highest BCUT2D eigenvalue weighted by Gasteiger charge is 2.11. The fraction of sp³-hybridized carbons (Fsp3) is 0.333. The maximum absolute atomic E-state index is 12.0. The van der Waals surface area contributed by atoms with E-state index in [0.29, 0.717) is 24.0 Å². The molecule has 0 saturated carbocycles. The number of hydrazone groups is 2. The Kier molecular flexibility index (Phi) is 10.8. The van der Waals surface area contributed by atoms with E-state index in [1.807, 2.05) is 0 Å². The van der Waals surface area contributed by atoms with E-state index < -0.39 is 0 Å². The first-order valence-corrected chi connectivity index (χ1v) is 10.9. The normalized spacial score (nSPS) is 10.9. The second-order valence-electron chi connectivity index (χ2n) is 7.34. The van der Waals surface area contributed by atoms with Crippen molar-refractivity contribution in [1.82, 2.24) is 10.9 Å². The van der Waals surface area contributed by atoms with Crippen LogP contribution in [-0.4, -0.2) is 62.9 Å². The van der Waals surface area contributed by atoms with Crippen LogP contribution in [0.15, 0.2) is 34.5 Å². The van der Waals surface area contributed by atoms with Gasteiger partial charge in [0.25, 0.3) is 0 Å². The first-order chi connectivity index (χ1) is 17.3. The second-order valence-corrected chi connectivity index (χ2v) is 7.34. The van der Waals surface area contributed by atoms with E-state index in [4.69, 9.17) is 18.9 Å². The average molecular weight is 503 g/mol. The van der Waals surface area contributed by atoms with Crippen LogP contribution in [0, 0.1) is 0 Å². The molecule has 2 aromatic carbocycles. The van der Waals surface area contributed by atoms with Gasteiger partial charge in [-0.25, -0.2) is 10.9 Å². The third-order valence-electron chi connectivity index (χ3n) is 4.87. The van der Waals surface area contributed by atoms with Crippen LogP contribution in [-0.2, 0) is 9.59 Å². The standard InChI is InChI=1S/C24H30N4O8/c1-33-17-9-15(10-18(34-2)23(17)31)13-25-27-21(29)7-5-6-8-22(30)28-26-14-16-11-19(35-3)24(32)20(12-16)36-4/h9-14,31-32H,5-8H2,1-4H3,(H,27,29)(H,28,30)/b25-13+,26-14+. The lowest BCUT2D eigenvalue weighted by Crippen LogP contribution is -2.19. The molecule has 0 unspecified atom stereocenters. The van der Waals surface area contributed by atoms with E-state index in [2.05, 4.69) is 21.1 Å². The second kappa shape index (κ2) is 14.0. The maximum atomic E-state index is 12.0. The van der Waals surface area contributed by atoms with Crippen LogP contribution in [0.5, 0.6) is 34.5 Å². The first-order valence-electron chi connectivity index (χ1n) is 10.9. The largest absolute Gasteiger partial charge is 0.502 e. The molecule has 2 amide bonds. The van der Waals surface area contributed by atoms with Crippen molar-refractivity contribution >= 4 is 24.2 Å². The smallest absolute Gasteiger partial charge is 0.240 e. The highest BCUT2D eigenvalue weighted by Crippen LogP contribution is 2.37. The number of carbonyl (C=O) groups is 2. The van der Waals surface area contributed by atoms with E-state index in [-0.39, 0.29) is 59.2 Å². The third kappa shape index (κ3) is 8.08. The molecule has 0 saturated heterocycles. The lowest BCUT2D eigenvalue weighted by Gasteiger charge is -2.09. The SMILES string of the molecule is COc1cc(/C=N/NC(=O)CCCCC(=O)N/N=C/c2cc(OC)c(O)c(OC)c2)cc(OC)c1O. The Morgan fingerprint density at radius 3 is 1.28 bits per heavy atom. The predicted molar refractivity (Wildman–Crippen MR) is 132 cm³/mol. The van der Waals surface area contributed by atoms with Gasteiger partial charge < -0.3 is 29.2 Å². The summed E-state index contributed by atoms with van der Waals surface area (Å²) in [4.78, 5) is 23.9. The molecule has 0 bridgehead atoms. The molecule has 0 aliphatic rings. The number of methoxy groups -OCH3 is 4. The third-order valence-corrected chi connectivity index (χ3v) is 4.87. The molecule has 12 nitrogen and oxygen atoms in total. The minimum absolute atomic E-state index is 0.128. The van der Waals surface area contributed by atoms with Gasteiger partial charge >= 0.3 is 0 Å². The molecule has 2 aromatic rings. The number of carbonyl (C=O) groups excluding carboxylic acids is 2. The van der Waals surface area contributed by atoms with Gasteiger partial charge in [0.1, 0.15) is 0 Å². The molecule has 0 aliphatic carbocycles. The minimum Gasteiger partial charge on any atom is -0.502 e. The van der Waals surface area contributed by atoms with Gasteiger partial charge in [0.15, 0.2) is 23.0 Å². The lowest BCUT2D eigenvalue weighted by molar-refractivity contribution is -0.123. The van der Waals surface area contributed by atoms with Gasteiger partial charge in [0, 0.05) is 24.0 Å². The maximum Gasteiger partial charge on any atom is 0.240 e. The van der Waals surface area contributed by atoms with E-state index in [1.54, 1.807) is 24.3 Å². The zero-order valence-corrected chi connectivity index (χ0v) is 20.5. The van der Waals surface area contributed by atoms with Crippen molar-refractivity contribution in [3.05, 3.63) is 35.4 Å². The number of aromatic hydroxyl groups is 2. The Balaban J connectivity index is 1.73. The molecule has 0 aromatic heterocycles. The molecule has 36 heavy (non-hydrogen) atoms. The number of phenolic OH excluding ortho intramolecular Hbond substituents is 2. The lowest BCUT2D eigenvalue weighted by atomic mass is 10.2. The number of nitrogens with zero attached hydrogens (tertiary/aromatic N) is 2. The summed E-state index contributed by atoms with van der Waals surface area (Å²) in [6.45, 7) is 0. The molecule has 0 fully saturated rings. The van der Waals surface area contributed by atoms with Crippen LogP contribution in [0.25, 0.3) is 0 Å². The quantitative estimate of drug-likeness (QED) is 0.184. The fourth-order valence-corrected chi connectivity index (χ4v) is 3.02. The van der Waals surface area contributed by atoms with E-state index in [1.165, 1.54) is 40.9 Å². The van der Waals surface area contributed by atoms with Gasteiger partial charge in [0.2, 0.25) is 23.3 Å². The topological polar surface area (TPSA) is 160 Å². The molecule has 0 spiro atoms. The Morgan fingerprint density at radius 1 is 0.694 bits per heavy atom. The van der Waals surface area contributed by atoms with Gasteiger partial charge in [-0.3, -0.25) is 9.59 Å². The molecule has 0 heterocycles. The van der Waals surface area contributed by atoms with Gasteiger partial charge in [-0.2, -0.15) is 10.2 Å². The molecule has 12 heteroatoms. The number of hydrogen-bond donors (Lipinski definition) is 4. The molecule has 0 radical (unpaired) electrons. The number of phenols is 2. The Morgan fingerprint density at radius 2 is 1.00 bits per heavy atom. The Hall–Kier alpha value is -4.48. The van der Waals surface area contributed by atoms with Crippen molar-refractivity contribution in [2.45, 2.75) is 25.7 Å². The van der Waals surface area contributed by atoms with Crippen LogP contribution >= 0.6 is 0 Å². The Labute approximate surface area is 208 Å². The van der Waals surface area contributed by atoms with Gasteiger partial charge in [-0.1, -0.05) is 0 Å². The zero-order valence-electron chi connectivity index (χ0n) is 20.5. The van der Waals surface area contributed by atoms with Crippen molar-refractivity contribution in [1.29, 1.82) is 0 Å². The Bertz CT molecular complexity index is 980. The summed E-state index contributed by atoms with van der Waals surface area (Å²) < 4.78 is 20.3.